The Bertz CT molecular complexity index is 1870. The minimum atomic E-state index is -0.270. The number of benzene rings is 3. The molecule has 6 rings (SSSR count). The van der Waals surface area contributed by atoms with Gasteiger partial charge in [-0.1, -0.05) is 103 Å². The minimum Gasteiger partial charge on any atom is -0.518 e. The Morgan fingerprint density at radius 1 is 0.830 bits per heavy atom. The SMILES string of the molecule is Cc1ccc2c(c1)C(C)(C)c1cc(C)c(Oc3[c-]c(C4=NC(C)(C)CO4)cc(C(C)(C)C)c3)[c-]c1N2c1cc(C(C)(C)C)ccn1.[Pt+2]. The van der Waals surface area contributed by atoms with Crippen molar-refractivity contribution < 1.29 is 30.5 Å². The average Bonchev–Trinajstić information content (AvgIpc) is 3.33. The van der Waals surface area contributed by atoms with Gasteiger partial charge in [0.2, 0.25) is 0 Å². The molecule has 0 bridgehead atoms. The van der Waals surface area contributed by atoms with Gasteiger partial charge in [-0.3, -0.25) is 4.99 Å². The second-order valence-corrected chi connectivity index (χ2v) is 16.2. The van der Waals surface area contributed by atoms with E-state index in [1.165, 1.54) is 22.3 Å². The molecule has 4 aromatic rings. The summed E-state index contributed by atoms with van der Waals surface area (Å²) in [6.07, 6.45) is 1.92. The number of hydrogen-bond acceptors (Lipinski definition) is 5. The standard InChI is InChI=1S/C41H47N3O2.Pt/c1-25-13-14-33-31(17-25)41(11,12)32-18-26(2)35(23-34(32)44(33)36-22-28(15-16-42-36)38(3,4)5)46-30-20-27(19-29(21-30)39(6,7)8)37-43-40(9,10)24-45-37;/h13-19,21-22H,24H2,1-12H3;/q-2;+2. The van der Waals surface area contributed by atoms with E-state index >= 15 is 0 Å². The van der Waals surface area contributed by atoms with Crippen molar-refractivity contribution >= 4 is 23.1 Å². The van der Waals surface area contributed by atoms with E-state index in [4.69, 9.17) is 19.5 Å². The van der Waals surface area contributed by atoms with Crippen molar-refractivity contribution in [1.82, 2.24) is 4.98 Å². The molecule has 0 N–H and O–H groups in total. The molecule has 5 nitrogen and oxygen atoms in total. The summed E-state index contributed by atoms with van der Waals surface area (Å²) in [5.41, 5.74) is 9.22. The summed E-state index contributed by atoms with van der Waals surface area (Å²) in [4.78, 5) is 12.0. The van der Waals surface area contributed by atoms with Crippen molar-refractivity contribution in [3.63, 3.8) is 0 Å². The first-order valence-electron chi connectivity index (χ1n) is 16.3. The van der Waals surface area contributed by atoms with Crippen molar-refractivity contribution in [2.75, 3.05) is 11.5 Å². The molecule has 2 aliphatic rings. The van der Waals surface area contributed by atoms with Gasteiger partial charge in [0.05, 0.1) is 5.54 Å². The van der Waals surface area contributed by atoms with E-state index in [-0.39, 0.29) is 42.8 Å². The fourth-order valence-electron chi connectivity index (χ4n) is 6.22. The summed E-state index contributed by atoms with van der Waals surface area (Å²) >= 11 is 0. The molecule has 0 radical (unpaired) electrons. The van der Waals surface area contributed by atoms with Gasteiger partial charge in [-0.05, 0) is 66.3 Å². The monoisotopic (exact) mass is 808 g/mol. The van der Waals surface area contributed by atoms with Gasteiger partial charge in [0.1, 0.15) is 18.3 Å². The van der Waals surface area contributed by atoms with Gasteiger partial charge < -0.3 is 14.4 Å². The van der Waals surface area contributed by atoms with E-state index < -0.39 is 0 Å². The van der Waals surface area contributed by atoms with Crippen LogP contribution in [0.4, 0.5) is 17.2 Å². The minimum absolute atomic E-state index is 0. The smallest absolute Gasteiger partial charge is 0.518 e. The van der Waals surface area contributed by atoms with Crippen LogP contribution in [0.3, 0.4) is 0 Å². The molecule has 1 aromatic heterocycles. The van der Waals surface area contributed by atoms with Crippen LogP contribution in [-0.2, 0) is 42.0 Å². The molecule has 0 atom stereocenters. The van der Waals surface area contributed by atoms with E-state index in [1.54, 1.807) is 0 Å². The largest absolute Gasteiger partial charge is 2.00 e. The molecule has 2 aliphatic heterocycles. The molecule has 0 fully saturated rings. The third kappa shape index (κ3) is 6.66. The first-order chi connectivity index (χ1) is 21.3. The third-order valence-corrected chi connectivity index (χ3v) is 9.13. The summed E-state index contributed by atoms with van der Waals surface area (Å²) < 4.78 is 12.8. The van der Waals surface area contributed by atoms with Gasteiger partial charge in [-0.25, -0.2) is 4.98 Å². The summed E-state index contributed by atoms with van der Waals surface area (Å²) in [5.74, 6) is 2.74. The maximum Gasteiger partial charge on any atom is 2.00 e. The van der Waals surface area contributed by atoms with Gasteiger partial charge in [0.25, 0.3) is 0 Å². The Balaban J connectivity index is 0.00000433. The van der Waals surface area contributed by atoms with Gasteiger partial charge in [0.15, 0.2) is 0 Å². The van der Waals surface area contributed by atoms with E-state index in [2.05, 4.69) is 149 Å². The summed E-state index contributed by atoms with van der Waals surface area (Å²) in [6.45, 7) is 26.8. The zero-order valence-electron chi connectivity index (χ0n) is 29.9. The van der Waals surface area contributed by atoms with E-state index in [1.807, 2.05) is 6.20 Å². The Hall–Kier alpha value is -3.43. The Labute approximate surface area is 296 Å². The molecule has 3 heterocycles. The van der Waals surface area contributed by atoms with Crippen LogP contribution in [0, 0.1) is 26.0 Å². The van der Waals surface area contributed by atoms with Crippen molar-refractivity contribution in [1.29, 1.82) is 0 Å². The molecule has 0 saturated heterocycles. The Morgan fingerprint density at radius 2 is 1.53 bits per heavy atom. The molecule has 6 heteroatoms. The van der Waals surface area contributed by atoms with Crippen LogP contribution in [0.2, 0.25) is 0 Å². The van der Waals surface area contributed by atoms with Gasteiger partial charge in [0, 0.05) is 23.4 Å². The first-order valence-corrected chi connectivity index (χ1v) is 16.3. The van der Waals surface area contributed by atoms with Gasteiger partial charge >= 0.3 is 21.1 Å². The first kappa shape index (κ1) is 34.9. The normalized spacial score (nSPS) is 16.4. The van der Waals surface area contributed by atoms with E-state index in [9.17, 15) is 0 Å². The van der Waals surface area contributed by atoms with Crippen LogP contribution in [0.1, 0.15) is 108 Å². The Morgan fingerprint density at radius 3 is 2.17 bits per heavy atom. The van der Waals surface area contributed by atoms with Crippen molar-refractivity contribution in [3.8, 4) is 11.5 Å². The molecule has 47 heavy (non-hydrogen) atoms. The summed E-state index contributed by atoms with van der Waals surface area (Å²) in [6, 6.07) is 24.7. The number of aromatic nitrogens is 1. The quantitative estimate of drug-likeness (QED) is 0.193. The van der Waals surface area contributed by atoms with Crippen LogP contribution >= 0.6 is 0 Å². The third-order valence-electron chi connectivity index (χ3n) is 9.13. The van der Waals surface area contributed by atoms with Crippen LogP contribution in [0.15, 0.2) is 59.7 Å². The second-order valence-electron chi connectivity index (χ2n) is 16.2. The zero-order chi connectivity index (χ0) is 33.4. The average molecular weight is 809 g/mol. The molecular formula is C41H47N3O2Pt. The number of aryl methyl sites for hydroxylation is 2. The fraction of sp³-hybridized carbons (Fsp3) is 0.415. The predicted octanol–water partition coefficient (Wildman–Crippen LogP) is 10.3. The summed E-state index contributed by atoms with van der Waals surface area (Å²) in [5, 5.41) is 0. The maximum absolute atomic E-state index is 6.73. The van der Waals surface area contributed by atoms with Crippen LogP contribution in [0.5, 0.6) is 11.5 Å². The zero-order valence-corrected chi connectivity index (χ0v) is 32.1. The molecule has 0 unspecified atom stereocenters. The topological polar surface area (TPSA) is 47.0 Å². The number of hydrogen-bond donors (Lipinski definition) is 0. The number of ether oxygens (including phenoxy) is 2. The van der Waals surface area contributed by atoms with Gasteiger partial charge in [-0.2, -0.15) is 6.07 Å². The van der Waals surface area contributed by atoms with Crippen LogP contribution in [0.25, 0.3) is 0 Å². The number of fused-ring (bicyclic) bond motifs is 2. The number of anilines is 3. The maximum atomic E-state index is 6.73. The molecular weight excluding hydrogens is 762 g/mol. The number of aliphatic imine (C=N–C) groups is 1. The van der Waals surface area contributed by atoms with Crippen LogP contribution < -0.4 is 9.64 Å². The molecule has 0 saturated carbocycles. The number of rotatable bonds is 4. The van der Waals surface area contributed by atoms with Gasteiger partial charge in [-0.15, -0.1) is 28.8 Å². The number of pyridine rings is 1. The molecule has 248 valence electrons. The second kappa shape index (κ2) is 11.9. The Kier molecular flexibility index (Phi) is 8.85. The fourth-order valence-corrected chi connectivity index (χ4v) is 6.22. The van der Waals surface area contributed by atoms with Crippen molar-refractivity contribution in [2.24, 2.45) is 4.99 Å². The van der Waals surface area contributed by atoms with Crippen molar-refractivity contribution in [2.45, 2.75) is 105 Å². The molecule has 3 aromatic carbocycles. The predicted molar refractivity (Wildman–Crippen MR) is 189 cm³/mol. The molecule has 0 amide bonds. The van der Waals surface area contributed by atoms with Crippen LogP contribution in [-0.4, -0.2) is 23.0 Å². The number of nitrogens with zero attached hydrogens (tertiary/aromatic N) is 3. The molecule has 0 spiro atoms. The summed E-state index contributed by atoms with van der Waals surface area (Å²) in [7, 11) is 0. The van der Waals surface area contributed by atoms with E-state index in [0.29, 0.717) is 24.0 Å². The van der Waals surface area contributed by atoms with E-state index in [0.717, 1.165) is 33.9 Å². The van der Waals surface area contributed by atoms with Crippen molar-refractivity contribution in [3.05, 3.63) is 106 Å². The molecule has 0 aliphatic carbocycles.